The van der Waals surface area contributed by atoms with Crippen LogP contribution in [0.4, 0.5) is 13.2 Å². The summed E-state index contributed by atoms with van der Waals surface area (Å²) in [6, 6.07) is 9.25. The Labute approximate surface area is 156 Å². The molecule has 0 aliphatic carbocycles. The molecular formula is C17H17F3O5S2. The maximum absolute atomic E-state index is 12.7. The van der Waals surface area contributed by atoms with Crippen LogP contribution in [0.5, 0.6) is 5.75 Å². The number of hydrogen-bond donors (Lipinski definition) is 0. The van der Waals surface area contributed by atoms with Crippen LogP contribution in [0.15, 0.2) is 53.4 Å². The summed E-state index contributed by atoms with van der Waals surface area (Å²) in [5.41, 5.74) is -5.35. The number of benzene rings is 2. The van der Waals surface area contributed by atoms with Gasteiger partial charge in [0, 0.05) is 15.9 Å². The summed E-state index contributed by atoms with van der Waals surface area (Å²) < 4.78 is 70.8. The predicted molar refractivity (Wildman–Crippen MR) is 98.2 cm³/mol. The minimum absolute atomic E-state index is 0.175. The molecule has 0 saturated carbocycles. The van der Waals surface area contributed by atoms with Gasteiger partial charge in [0.15, 0.2) is 0 Å². The van der Waals surface area contributed by atoms with Gasteiger partial charge in [-0.1, -0.05) is 41.2 Å². The van der Waals surface area contributed by atoms with Gasteiger partial charge in [0.25, 0.3) is 0 Å². The maximum Gasteiger partial charge on any atom is 0.523 e. The highest BCUT2D eigenvalue weighted by Crippen LogP contribution is 2.56. The summed E-state index contributed by atoms with van der Waals surface area (Å²) in [6.07, 6.45) is 2.58. The van der Waals surface area contributed by atoms with Crippen LogP contribution < -0.4 is 4.74 Å². The highest BCUT2D eigenvalue weighted by Gasteiger charge is 2.50. The van der Waals surface area contributed by atoms with Gasteiger partial charge >= 0.3 is 21.6 Å². The van der Waals surface area contributed by atoms with Crippen molar-refractivity contribution in [3.05, 3.63) is 48.6 Å². The summed E-state index contributed by atoms with van der Waals surface area (Å²) in [5, 5.41) is 0.847. The highest BCUT2D eigenvalue weighted by molar-refractivity contribution is 8.32. The minimum Gasteiger partial charge on any atom is -0.423 e. The van der Waals surface area contributed by atoms with Gasteiger partial charge in [0.05, 0.1) is 0 Å². The predicted octanol–water partition coefficient (Wildman–Crippen LogP) is 4.53. The van der Waals surface area contributed by atoms with Crippen molar-refractivity contribution >= 4 is 37.2 Å². The third kappa shape index (κ3) is 4.45. The van der Waals surface area contributed by atoms with Crippen molar-refractivity contribution in [2.45, 2.75) is 17.3 Å². The average Bonchev–Trinajstić information content (AvgIpc) is 2.52. The minimum atomic E-state index is -5.77. The molecule has 10 heteroatoms. The van der Waals surface area contributed by atoms with E-state index in [4.69, 9.17) is 4.74 Å². The molecule has 0 aromatic heterocycles. The number of esters is 1. The normalized spacial score (nSPS) is 13.4. The van der Waals surface area contributed by atoms with Crippen molar-refractivity contribution in [1.82, 2.24) is 0 Å². The fraction of sp³-hybridized carbons (Fsp3) is 0.235. The molecule has 2 aromatic carbocycles. The summed E-state index contributed by atoms with van der Waals surface area (Å²) in [5.74, 6) is -0.480. The molecule has 5 nitrogen and oxygen atoms in total. The molecule has 0 bridgehead atoms. The first-order valence-corrected chi connectivity index (χ1v) is 11.2. The maximum atomic E-state index is 12.7. The van der Waals surface area contributed by atoms with Crippen LogP contribution >= 0.6 is 10.3 Å². The van der Waals surface area contributed by atoms with Crippen molar-refractivity contribution < 1.29 is 34.7 Å². The molecule has 0 amide bonds. The van der Waals surface area contributed by atoms with Gasteiger partial charge in [-0.05, 0) is 37.0 Å². The molecule has 0 fully saturated rings. The molecule has 0 N–H and O–H groups in total. The Morgan fingerprint density at radius 3 is 2.11 bits per heavy atom. The molecule has 0 spiro atoms. The molecule has 0 heterocycles. The molecule has 148 valence electrons. The lowest BCUT2D eigenvalue weighted by molar-refractivity contribution is -0.129. The van der Waals surface area contributed by atoms with Crippen LogP contribution in [0.3, 0.4) is 0 Å². The van der Waals surface area contributed by atoms with E-state index in [1.165, 1.54) is 31.6 Å². The van der Waals surface area contributed by atoms with Gasteiger partial charge < -0.3 is 4.74 Å². The second kappa shape index (κ2) is 7.17. The standard InChI is InChI=1S/C17H17F3O5S2/c1-11(2)16(21)24-14-9-10-15(13-8-6-5-7-12(13)14)26(3,4)25-27(22,23)17(18,19)20/h5-10H,1H2,2-4H3. The van der Waals surface area contributed by atoms with Crippen LogP contribution in [0.25, 0.3) is 10.8 Å². The van der Waals surface area contributed by atoms with Crippen LogP contribution in [-0.2, 0) is 18.5 Å². The fourth-order valence-electron chi connectivity index (χ4n) is 2.25. The van der Waals surface area contributed by atoms with Crippen LogP contribution in [0.2, 0.25) is 0 Å². The number of rotatable bonds is 5. The van der Waals surface area contributed by atoms with E-state index in [1.54, 1.807) is 24.3 Å². The molecule has 0 unspecified atom stereocenters. The number of fused-ring (bicyclic) bond motifs is 1. The van der Waals surface area contributed by atoms with Crippen molar-refractivity contribution in [2.24, 2.45) is 0 Å². The Morgan fingerprint density at radius 2 is 1.59 bits per heavy atom. The average molecular weight is 422 g/mol. The Balaban J connectivity index is 2.57. The quantitative estimate of drug-likeness (QED) is 0.307. The number of carbonyl (C=O) groups is 1. The number of carbonyl (C=O) groups excluding carboxylic acids is 1. The fourth-order valence-corrected chi connectivity index (χ4v) is 5.74. The molecule has 0 aliphatic heterocycles. The molecule has 27 heavy (non-hydrogen) atoms. The Kier molecular flexibility index (Phi) is 5.65. The summed E-state index contributed by atoms with van der Waals surface area (Å²) in [7, 11) is -8.63. The van der Waals surface area contributed by atoms with Gasteiger partial charge in [-0.25, -0.2) is 8.42 Å². The van der Waals surface area contributed by atoms with E-state index in [0.717, 1.165) is 0 Å². The van der Waals surface area contributed by atoms with Crippen LogP contribution in [-0.4, -0.2) is 32.4 Å². The van der Waals surface area contributed by atoms with Gasteiger partial charge in [0.1, 0.15) is 5.75 Å². The van der Waals surface area contributed by atoms with Crippen molar-refractivity contribution in [3.8, 4) is 5.75 Å². The van der Waals surface area contributed by atoms with Gasteiger partial charge in [-0.3, -0.25) is 0 Å². The lowest BCUT2D eigenvalue weighted by Crippen LogP contribution is -2.26. The lowest BCUT2D eigenvalue weighted by Gasteiger charge is -2.31. The molecule has 0 atom stereocenters. The van der Waals surface area contributed by atoms with Crippen LogP contribution in [0, 0.1) is 0 Å². The van der Waals surface area contributed by atoms with Gasteiger partial charge in [-0.2, -0.15) is 21.6 Å². The largest absolute Gasteiger partial charge is 0.523 e. The first-order chi connectivity index (χ1) is 12.3. The van der Waals surface area contributed by atoms with E-state index in [1.807, 2.05) is 0 Å². The number of ether oxygens (including phenoxy) is 1. The van der Waals surface area contributed by atoms with E-state index in [-0.39, 0.29) is 16.2 Å². The third-order valence-corrected chi connectivity index (χ3v) is 7.53. The van der Waals surface area contributed by atoms with E-state index < -0.39 is 31.9 Å². The topological polar surface area (TPSA) is 69.7 Å². The second-order valence-corrected chi connectivity index (χ2v) is 10.8. The zero-order chi connectivity index (χ0) is 20.6. The van der Waals surface area contributed by atoms with E-state index in [0.29, 0.717) is 10.8 Å². The molecule has 0 radical (unpaired) electrons. The Bertz CT molecular complexity index is 1010. The molecule has 2 aromatic rings. The summed E-state index contributed by atoms with van der Waals surface area (Å²) in [6.45, 7) is 4.96. The van der Waals surface area contributed by atoms with Gasteiger partial charge in [-0.15, -0.1) is 0 Å². The zero-order valence-corrected chi connectivity index (χ0v) is 16.3. The second-order valence-electron chi connectivity index (χ2n) is 5.98. The summed E-state index contributed by atoms with van der Waals surface area (Å²) >= 11 is 0. The number of halogens is 3. The third-order valence-electron chi connectivity index (χ3n) is 3.47. The molecule has 0 aliphatic rings. The Hall–Kier alpha value is -2.04. The Morgan fingerprint density at radius 1 is 1.04 bits per heavy atom. The molecule has 0 saturated heterocycles. The van der Waals surface area contributed by atoms with Crippen molar-refractivity contribution in [1.29, 1.82) is 0 Å². The SMILES string of the molecule is C=C(C)C(=O)Oc1ccc(S(C)(C)OS(=O)(=O)C(F)(F)F)c2ccccc12. The first kappa shape index (κ1) is 21.3. The molecule has 2 rings (SSSR count). The highest BCUT2D eigenvalue weighted by atomic mass is 32.3. The smallest absolute Gasteiger partial charge is 0.423 e. The van der Waals surface area contributed by atoms with E-state index in [9.17, 15) is 26.4 Å². The molecular weight excluding hydrogens is 405 g/mol. The van der Waals surface area contributed by atoms with Crippen molar-refractivity contribution in [2.75, 3.05) is 12.5 Å². The number of alkyl halides is 3. The lowest BCUT2D eigenvalue weighted by atomic mass is 10.1. The monoisotopic (exact) mass is 422 g/mol. The van der Waals surface area contributed by atoms with Crippen molar-refractivity contribution in [3.63, 3.8) is 0 Å². The first-order valence-electron chi connectivity index (χ1n) is 7.41. The van der Waals surface area contributed by atoms with E-state index >= 15 is 0 Å². The van der Waals surface area contributed by atoms with Gasteiger partial charge in [0.2, 0.25) is 0 Å². The van der Waals surface area contributed by atoms with E-state index in [2.05, 4.69) is 10.2 Å². The number of hydrogen-bond acceptors (Lipinski definition) is 5. The zero-order valence-electron chi connectivity index (χ0n) is 14.7. The summed E-state index contributed by atoms with van der Waals surface area (Å²) in [4.78, 5) is 12.1. The van der Waals surface area contributed by atoms with Crippen LogP contribution in [0.1, 0.15) is 6.92 Å².